The fourth-order valence-electron chi connectivity index (χ4n) is 1.30. The van der Waals surface area contributed by atoms with Gasteiger partial charge in [-0.25, -0.2) is 0 Å². The molecule has 0 atom stereocenters. The Morgan fingerprint density at radius 3 is 2.10 bits per heavy atom. The van der Waals surface area contributed by atoms with E-state index in [-0.39, 0.29) is 29.5 Å². The second-order valence-electron chi connectivity index (χ2n) is 3.58. The van der Waals surface area contributed by atoms with E-state index in [1.165, 1.54) is 19.2 Å². The second-order valence-corrected chi connectivity index (χ2v) is 3.58. The Bertz CT molecular complexity index is 619. The van der Waals surface area contributed by atoms with E-state index in [1.54, 1.807) is 0 Å². The highest BCUT2D eigenvalue weighted by Crippen LogP contribution is 2.26. The summed E-state index contributed by atoms with van der Waals surface area (Å²) in [7, 11) is 1.34. The molecule has 2 aromatic rings. The third kappa shape index (κ3) is 4.37. The largest absolute Gasteiger partial charge is 0.573 e. The van der Waals surface area contributed by atoms with Crippen LogP contribution in [-0.2, 0) is 0 Å². The lowest BCUT2D eigenvalue weighted by molar-refractivity contribution is -0.274. The van der Waals surface area contributed by atoms with Gasteiger partial charge in [0.1, 0.15) is 11.5 Å². The van der Waals surface area contributed by atoms with E-state index >= 15 is 0 Å². The molecule has 0 aliphatic heterocycles. The maximum atomic E-state index is 12.0. The minimum Gasteiger partial charge on any atom is -0.467 e. The number of anilines is 1. The Morgan fingerprint density at radius 2 is 1.52 bits per heavy atom. The first-order chi connectivity index (χ1) is 9.85. The van der Waals surface area contributed by atoms with Crippen LogP contribution in [0.5, 0.6) is 23.5 Å². The Labute approximate surface area is 116 Å². The third-order valence-electron chi connectivity index (χ3n) is 2.06. The fraction of sp³-hybridized carbons (Fsp3) is 0.182. The molecule has 2 rings (SSSR count). The molecule has 10 heteroatoms. The van der Waals surface area contributed by atoms with E-state index < -0.39 is 6.36 Å². The van der Waals surface area contributed by atoms with Crippen molar-refractivity contribution in [2.24, 2.45) is 0 Å². The molecule has 1 aromatic carbocycles. The zero-order chi connectivity index (χ0) is 15.5. The van der Waals surface area contributed by atoms with E-state index in [0.717, 1.165) is 12.1 Å². The van der Waals surface area contributed by atoms with Crippen molar-refractivity contribution in [3.63, 3.8) is 0 Å². The maximum Gasteiger partial charge on any atom is 0.573 e. The van der Waals surface area contributed by atoms with Crippen LogP contribution in [0.25, 0.3) is 0 Å². The SMILES string of the molecule is COc1nc(N)nc(Oc2ccc(OC(F)(F)F)cc2)n1. The van der Waals surface area contributed by atoms with Crippen molar-refractivity contribution in [2.45, 2.75) is 6.36 Å². The predicted octanol–water partition coefficient (Wildman–Crippen LogP) is 2.15. The van der Waals surface area contributed by atoms with Gasteiger partial charge in [0.05, 0.1) is 7.11 Å². The number of rotatable bonds is 4. The molecule has 2 N–H and O–H groups in total. The van der Waals surface area contributed by atoms with Gasteiger partial charge in [0.2, 0.25) is 5.95 Å². The average Bonchev–Trinajstić information content (AvgIpc) is 2.38. The number of ether oxygens (including phenoxy) is 3. The zero-order valence-corrected chi connectivity index (χ0v) is 10.6. The topological polar surface area (TPSA) is 92.4 Å². The lowest BCUT2D eigenvalue weighted by atomic mass is 10.3. The van der Waals surface area contributed by atoms with Crippen molar-refractivity contribution >= 4 is 5.95 Å². The Balaban J connectivity index is 2.11. The molecule has 0 saturated carbocycles. The van der Waals surface area contributed by atoms with Crippen molar-refractivity contribution in [1.82, 2.24) is 15.0 Å². The van der Waals surface area contributed by atoms with Gasteiger partial charge in [0.15, 0.2) is 0 Å². The van der Waals surface area contributed by atoms with E-state index in [4.69, 9.17) is 15.2 Å². The van der Waals surface area contributed by atoms with Crippen molar-refractivity contribution in [3.05, 3.63) is 24.3 Å². The summed E-state index contributed by atoms with van der Waals surface area (Å²) in [6, 6.07) is 4.49. The molecule has 21 heavy (non-hydrogen) atoms. The summed E-state index contributed by atoms with van der Waals surface area (Å²) in [5, 5.41) is 0. The first-order valence-electron chi connectivity index (χ1n) is 5.45. The van der Waals surface area contributed by atoms with Gasteiger partial charge in [0, 0.05) is 0 Å². The maximum absolute atomic E-state index is 12.0. The standard InChI is InChI=1S/C11H9F3N4O3/c1-19-9-16-8(15)17-10(18-9)20-6-2-4-7(5-3-6)21-11(12,13)14/h2-5H,1H3,(H2,15,16,17,18). The van der Waals surface area contributed by atoms with Crippen LogP contribution >= 0.6 is 0 Å². The van der Waals surface area contributed by atoms with Crippen LogP contribution in [0.4, 0.5) is 19.1 Å². The predicted molar refractivity (Wildman–Crippen MR) is 64.0 cm³/mol. The van der Waals surface area contributed by atoms with Crippen molar-refractivity contribution in [2.75, 3.05) is 12.8 Å². The summed E-state index contributed by atoms with van der Waals surface area (Å²) in [6.07, 6.45) is -4.75. The summed E-state index contributed by atoms with van der Waals surface area (Å²) < 4.78 is 49.8. The van der Waals surface area contributed by atoms with Gasteiger partial charge in [-0.15, -0.1) is 18.2 Å². The molecular weight excluding hydrogens is 293 g/mol. The molecule has 0 aliphatic rings. The molecule has 0 aliphatic carbocycles. The van der Waals surface area contributed by atoms with Crippen LogP contribution in [0.2, 0.25) is 0 Å². The highest BCUT2D eigenvalue weighted by molar-refractivity contribution is 5.33. The number of nitrogens with two attached hydrogens (primary N) is 1. The highest BCUT2D eigenvalue weighted by Gasteiger charge is 2.30. The van der Waals surface area contributed by atoms with Crippen LogP contribution in [-0.4, -0.2) is 28.4 Å². The number of halogens is 3. The van der Waals surface area contributed by atoms with Gasteiger partial charge in [0.25, 0.3) is 0 Å². The van der Waals surface area contributed by atoms with E-state index in [2.05, 4.69) is 19.7 Å². The number of methoxy groups -OCH3 is 1. The lowest BCUT2D eigenvalue weighted by Gasteiger charge is -2.09. The number of hydrogen-bond acceptors (Lipinski definition) is 7. The average molecular weight is 302 g/mol. The molecule has 0 bridgehead atoms. The molecule has 0 unspecified atom stereocenters. The summed E-state index contributed by atoms with van der Waals surface area (Å²) >= 11 is 0. The van der Waals surface area contributed by atoms with Gasteiger partial charge >= 0.3 is 18.4 Å². The normalized spacial score (nSPS) is 11.0. The highest BCUT2D eigenvalue weighted by atomic mass is 19.4. The zero-order valence-electron chi connectivity index (χ0n) is 10.6. The third-order valence-corrected chi connectivity index (χ3v) is 2.06. The van der Waals surface area contributed by atoms with Crippen LogP contribution in [0.3, 0.4) is 0 Å². The minimum absolute atomic E-state index is 0.0467. The van der Waals surface area contributed by atoms with Crippen LogP contribution in [0, 0.1) is 0 Å². The van der Waals surface area contributed by atoms with Gasteiger partial charge in [-0.05, 0) is 24.3 Å². The first kappa shape index (κ1) is 14.6. The molecule has 0 amide bonds. The molecule has 1 heterocycles. The molecule has 112 valence electrons. The van der Waals surface area contributed by atoms with E-state index in [1.807, 2.05) is 0 Å². The Kier molecular flexibility index (Phi) is 3.96. The number of nitrogen functional groups attached to an aromatic ring is 1. The molecule has 0 radical (unpaired) electrons. The fourth-order valence-corrected chi connectivity index (χ4v) is 1.30. The number of hydrogen-bond donors (Lipinski definition) is 1. The minimum atomic E-state index is -4.75. The Hall–Kier alpha value is -2.78. The Morgan fingerprint density at radius 1 is 0.952 bits per heavy atom. The summed E-state index contributed by atoms with van der Waals surface area (Å²) in [6.45, 7) is 0. The van der Waals surface area contributed by atoms with Gasteiger partial charge < -0.3 is 19.9 Å². The van der Waals surface area contributed by atoms with Crippen LogP contribution in [0.15, 0.2) is 24.3 Å². The van der Waals surface area contributed by atoms with Gasteiger partial charge in [-0.3, -0.25) is 0 Å². The molecule has 1 aromatic heterocycles. The second kappa shape index (κ2) is 5.69. The molecule has 0 spiro atoms. The molecular formula is C11H9F3N4O3. The summed E-state index contributed by atoms with van der Waals surface area (Å²) in [4.78, 5) is 11.1. The van der Waals surface area contributed by atoms with Gasteiger partial charge in [-0.1, -0.05) is 0 Å². The number of alkyl halides is 3. The van der Waals surface area contributed by atoms with E-state index in [0.29, 0.717) is 0 Å². The van der Waals surface area contributed by atoms with E-state index in [9.17, 15) is 13.2 Å². The molecule has 0 saturated heterocycles. The first-order valence-corrected chi connectivity index (χ1v) is 5.45. The summed E-state index contributed by atoms with van der Waals surface area (Å²) in [5.41, 5.74) is 5.41. The molecule has 7 nitrogen and oxygen atoms in total. The molecule has 0 fully saturated rings. The van der Waals surface area contributed by atoms with Crippen molar-refractivity contribution in [1.29, 1.82) is 0 Å². The number of aromatic nitrogens is 3. The number of benzene rings is 1. The van der Waals surface area contributed by atoms with Crippen LogP contribution < -0.4 is 19.9 Å². The van der Waals surface area contributed by atoms with Crippen molar-refractivity contribution in [3.8, 4) is 23.5 Å². The van der Waals surface area contributed by atoms with Crippen molar-refractivity contribution < 1.29 is 27.4 Å². The smallest absolute Gasteiger partial charge is 0.467 e. The summed E-state index contributed by atoms with van der Waals surface area (Å²) in [5.74, 6) is -0.298. The van der Waals surface area contributed by atoms with Gasteiger partial charge in [-0.2, -0.15) is 9.97 Å². The van der Waals surface area contributed by atoms with Crippen LogP contribution in [0.1, 0.15) is 0 Å². The number of nitrogens with zero attached hydrogens (tertiary/aromatic N) is 3. The quantitative estimate of drug-likeness (QED) is 0.925. The monoisotopic (exact) mass is 302 g/mol. The lowest BCUT2D eigenvalue weighted by Crippen LogP contribution is -2.16.